The van der Waals surface area contributed by atoms with Gasteiger partial charge in [-0.15, -0.1) is 0 Å². The van der Waals surface area contributed by atoms with Crippen LogP contribution in [0.25, 0.3) is 0 Å². The standard InChI is InChI=1S/C12H25NO4/c1-3-5-7-16-8-6-13-10-11(14)9-12(15)17-4-2/h11,13-14H,3-10H2,1-2H3. The molecule has 0 amide bonds. The Morgan fingerprint density at radius 3 is 2.76 bits per heavy atom. The van der Waals surface area contributed by atoms with Crippen LogP contribution in [0.5, 0.6) is 0 Å². The second-order valence-electron chi connectivity index (χ2n) is 3.83. The third kappa shape index (κ3) is 11.6. The molecule has 17 heavy (non-hydrogen) atoms. The molecule has 5 nitrogen and oxygen atoms in total. The van der Waals surface area contributed by atoms with Gasteiger partial charge >= 0.3 is 5.97 Å². The van der Waals surface area contributed by atoms with Crippen LogP contribution in [0.4, 0.5) is 0 Å². The van der Waals surface area contributed by atoms with E-state index in [1.165, 1.54) is 0 Å². The third-order valence-corrected chi connectivity index (χ3v) is 2.15. The first kappa shape index (κ1) is 16.4. The molecule has 0 aliphatic carbocycles. The van der Waals surface area contributed by atoms with Gasteiger partial charge in [0.05, 0.1) is 25.7 Å². The highest BCUT2D eigenvalue weighted by atomic mass is 16.5. The second kappa shape index (κ2) is 11.8. The molecule has 2 N–H and O–H groups in total. The Labute approximate surface area is 103 Å². The number of ether oxygens (including phenoxy) is 2. The van der Waals surface area contributed by atoms with Gasteiger partial charge in [-0.25, -0.2) is 0 Å². The lowest BCUT2D eigenvalue weighted by atomic mass is 10.2. The molecule has 1 atom stereocenters. The van der Waals surface area contributed by atoms with Crippen LogP contribution in [0.15, 0.2) is 0 Å². The van der Waals surface area contributed by atoms with Crippen LogP contribution in [-0.4, -0.2) is 50.1 Å². The number of carbonyl (C=O) groups is 1. The number of rotatable bonds is 11. The fourth-order valence-corrected chi connectivity index (χ4v) is 1.25. The maximum absolute atomic E-state index is 11.0. The van der Waals surface area contributed by atoms with Crippen molar-refractivity contribution in [3.05, 3.63) is 0 Å². The first-order chi connectivity index (χ1) is 8.20. The molecule has 102 valence electrons. The molecule has 0 spiro atoms. The zero-order valence-corrected chi connectivity index (χ0v) is 10.9. The van der Waals surface area contributed by atoms with Crippen molar-refractivity contribution >= 4 is 5.97 Å². The van der Waals surface area contributed by atoms with Crippen molar-refractivity contribution in [1.29, 1.82) is 0 Å². The molecule has 0 aromatic heterocycles. The summed E-state index contributed by atoms with van der Waals surface area (Å²) in [7, 11) is 0. The van der Waals surface area contributed by atoms with Crippen molar-refractivity contribution in [3.8, 4) is 0 Å². The topological polar surface area (TPSA) is 67.8 Å². The van der Waals surface area contributed by atoms with Gasteiger partial charge in [0, 0.05) is 19.7 Å². The smallest absolute Gasteiger partial charge is 0.308 e. The van der Waals surface area contributed by atoms with E-state index >= 15 is 0 Å². The summed E-state index contributed by atoms with van der Waals surface area (Å²) in [6.45, 7) is 6.70. The highest BCUT2D eigenvalue weighted by Gasteiger charge is 2.10. The van der Waals surface area contributed by atoms with Crippen molar-refractivity contribution in [2.75, 3.05) is 32.9 Å². The Hall–Kier alpha value is -0.650. The molecule has 0 bridgehead atoms. The third-order valence-electron chi connectivity index (χ3n) is 2.15. The molecule has 0 radical (unpaired) electrons. The van der Waals surface area contributed by atoms with Crippen LogP contribution in [0.2, 0.25) is 0 Å². The second-order valence-corrected chi connectivity index (χ2v) is 3.83. The normalized spacial score (nSPS) is 12.4. The van der Waals surface area contributed by atoms with Crippen LogP contribution in [-0.2, 0) is 14.3 Å². The minimum absolute atomic E-state index is 0.0392. The summed E-state index contributed by atoms with van der Waals surface area (Å²) in [5.41, 5.74) is 0. The molecule has 0 aliphatic rings. The van der Waals surface area contributed by atoms with Crippen LogP contribution >= 0.6 is 0 Å². The molecule has 0 aliphatic heterocycles. The summed E-state index contributed by atoms with van der Waals surface area (Å²) in [5.74, 6) is -0.360. The van der Waals surface area contributed by atoms with Crippen molar-refractivity contribution in [2.45, 2.75) is 39.2 Å². The van der Waals surface area contributed by atoms with Gasteiger partial charge in [0.25, 0.3) is 0 Å². The summed E-state index contributed by atoms with van der Waals surface area (Å²) in [4.78, 5) is 11.0. The van der Waals surface area contributed by atoms with Crippen molar-refractivity contribution in [2.24, 2.45) is 0 Å². The van der Waals surface area contributed by atoms with E-state index in [-0.39, 0.29) is 12.4 Å². The molecule has 5 heteroatoms. The number of carbonyl (C=O) groups excluding carboxylic acids is 1. The highest BCUT2D eigenvalue weighted by molar-refractivity contribution is 5.69. The summed E-state index contributed by atoms with van der Waals surface area (Å²) in [6.07, 6.45) is 1.55. The van der Waals surface area contributed by atoms with Gasteiger partial charge in [-0.2, -0.15) is 0 Å². The van der Waals surface area contributed by atoms with Gasteiger partial charge in [-0.1, -0.05) is 13.3 Å². The minimum atomic E-state index is -0.690. The molecule has 0 saturated carbocycles. The number of hydrogen-bond acceptors (Lipinski definition) is 5. The molecule has 0 fully saturated rings. The molecular formula is C12H25NO4. The molecule has 0 aromatic carbocycles. The van der Waals surface area contributed by atoms with E-state index in [0.717, 1.165) is 19.4 Å². The quantitative estimate of drug-likeness (QED) is 0.416. The maximum Gasteiger partial charge on any atom is 0.308 e. The molecule has 0 aromatic rings. The fourth-order valence-electron chi connectivity index (χ4n) is 1.25. The SMILES string of the molecule is CCCCOCCNCC(O)CC(=O)OCC. The van der Waals surface area contributed by atoms with Crippen molar-refractivity contribution in [1.82, 2.24) is 5.32 Å². The molecule has 0 saturated heterocycles. The summed E-state index contributed by atoms with van der Waals surface area (Å²) in [5, 5.41) is 12.5. The van der Waals surface area contributed by atoms with Gasteiger partial charge in [-0.05, 0) is 13.3 Å². The van der Waals surface area contributed by atoms with E-state index in [1.54, 1.807) is 6.92 Å². The van der Waals surface area contributed by atoms with Crippen molar-refractivity contribution in [3.63, 3.8) is 0 Å². The Bertz CT molecular complexity index is 187. The Morgan fingerprint density at radius 1 is 1.35 bits per heavy atom. The lowest BCUT2D eigenvalue weighted by molar-refractivity contribution is -0.145. The van der Waals surface area contributed by atoms with Gasteiger partial charge in [0.15, 0.2) is 0 Å². The predicted molar refractivity (Wildman–Crippen MR) is 65.9 cm³/mol. The highest BCUT2D eigenvalue weighted by Crippen LogP contribution is 1.93. The lowest BCUT2D eigenvalue weighted by Crippen LogP contribution is -2.31. The minimum Gasteiger partial charge on any atom is -0.466 e. The van der Waals surface area contributed by atoms with E-state index in [4.69, 9.17) is 9.47 Å². The van der Waals surface area contributed by atoms with E-state index in [9.17, 15) is 9.90 Å². The van der Waals surface area contributed by atoms with E-state index < -0.39 is 6.10 Å². The maximum atomic E-state index is 11.0. The molecular weight excluding hydrogens is 222 g/mol. The molecule has 1 unspecified atom stereocenters. The van der Waals surface area contributed by atoms with E-state index in [0.29, 0.717) is 26.3 Å². The van der Waals surface area contributed by atoms with Gasteiger partial charge in [-0.3, -0.25) is 4.79 Å². The Morgan fingerprint density at radius 2 is 2.12 bits per heavy atom. The predicted octanol–water partition coefficient (Wildman–Crippen LogP) is 0.707. The van der Waals surface area contributed by atoms with Gasteiger partial charge in [0.1, 0.15) is 0 Å². The first-order valence-electron chi connectivity index (χ1n) is 6.32. The monoisotopic (exact) mass is 247 g/mol. The van der Waals surface area contributed by atoms with Crippen LogP contribution in [0, 0.1) is 0 Å². The van der Waals surface area contributed by atoms with E-state index in [2.05, 4.69) is 12.2 Å². The Balaban J connectivity index is 3.27. The van der Waals surface area contributed by atoms with Gasteiger partial charge < -0.3 is 19.9 Å². The largest absolute Gasteiger partial charge is 0.466 e. The first-order valence-corrected chi connectivity index (χ1v) is 6.32. The molecule has 0 rings (SSSR count). The van der Waals surface area contributed by atoms with Crippen molar-refractivity contribution < 1.29 is 19.4 Å². The van der Waals surface area contributed by atoms with Gasteiger partial charge in [0.2, 0.25) is 0 Å². The summed E-state index contributed by atoms with van der Waals surface area (Å²) >= 11 is 0. The number of esters is 1. The Kier molecular flexibility index (Phi) is 11.4. The number of nitrogens with one attached hydrogen (secondary N) is 1. The molecule has 0 heterocycles. The summed E-state index contributed by atoms with van der Waals surface area (Å²) in [6, 6.07) is 0. The van der Waals surface area contributed by atoms with E-state index in [1.807, 2.05) is 0 Å². The zero-order chi connectivity index (χ0) is 12.9. The fraction of sp³-hybridized carbons (Fsp3) is 0.917. The van der Waals surface area contributed by atoms with Crippen LogP contribution in [0.1, 0.15) is 33.1 Å². The number of unbranched alkanes of at least 4 members (excludes halogenated alkanes) is 1. The number of aliphatic hydroxyl groups is 1. The average molecular weight is 247 g/mol. The average Bonchev–Trinajstić information content (AvgIpc) is 2.28. The number of aliphatic hydroxyl groups excluding tert-OH is 1. The summed E-state index contributed by atoms with van der Waals surface area (Å²) < 4.78 is 10.1. The van der Waals surface area contributed by atoms with Crippen LogP contribution < -0.4 is 5.32 Å². The zero-order valence-electron chi connectivity index (χ0n) is 10.9. The lowest BCUT2D eigenvalue weighted by Gasteiger charge is -2.11. The van der Waals surface area contributed by atoms with Crippen LogP contribution in [0.3, 0.4) is 0 Å². The number of hydrogen-bond donors (Lipinski definition) is 2.